The zero-order chi connectivity index (χ0) is 18.4. The smallest absolute Gasteiger partial charge is 0.359 e. The predicted molar refractivity (Wildman–Crippen MR) is 89.8 cm³/mol. The number of quaternary nitrogens is 1. The van der Waals surface area contributed by atoms with Crippen molar-refractivity contribution in [1.29, 1.82) is 0 Å². The molecule has 0 saturated carbocycles. The molecule has 0 aromatic rings. The van der Waals surface area contributed by atoms with E-state index in [1.54, 1.807) is 0 Å². The van der Waals surface area contributed by atoms with Crippen LogP contribution in [0.3, 0.4) is 0 Å². The van der Waals surface area contributed by atoms with Gasteiger partial charge in [0.05, 0.1) is 6.54 Å². The Hall–Kier alpha value is -1.89. The van der Waals surface area contributed by atoms with Crippen LogP contribution < -0.4 is 0 Å². The number of nitrogens with zero attached hydrogens (tertiary/aromatic N) is 1. The quantitative estimate of drug-likeness (QED) is 0.239. The highest BCUT2D eigenvalue weighted by atomic mass is 16.4. The second kappa shape index (κ2) is 12.5. The molecule has 3 N–H and O–H groups in total. The van der Waals surface area contributed by atoms with Gasteiger partial charge in [-0.3, -0.25) is 4.48 Å². The van der Waals surface area contributed by atoms with E-state index in [2.05, 4.69) is 6.08 Å². The number of rotatable bonds is 15. The molecule has 138 valence electrons. The Kier molecular flexibility index (Phi) is 11.5. The first-order chi connectivity index (χ1) is 11.3. The van der Waals surface area contributed by atoms with E-state index in [1.807, 2.05) is 13.0 Å². The third-order valence-corrected chi connectivity index (χ3v) is 3.90. The van der Waals surface area contributed by atoms with Crippen LogP contribution in [0.4, 0.5) is 0 Å². The van der Waals surface area contributed by atoms with Gasteiger partial charge in [-0.25, -0.2) is 14.4 Å². The molecule has 7 heteroatoms. The predicted octanol–water partition coefficient (Wildman–Crippen LogP) is 2.36. The van der Waals surface area contributed by atoms with Crippen molar-refractivity contribution in [3.05, 3.63) is 12.2 Å². The van der Waals surface area contributed by atoms with E-state index in [4.69, 9.17) is 15.3 Å². The zero-order valence-electron chi connectivity index (χ0n) is 14.4. The number of aliphatic carboxylic acids is 3. The van der Waals surface area contributed by atoms with Crippen molar-refractivity contribution < 1.29 is 34.2 Å². The highest BCUT2D eigenvalue weighted by molar-refractivity contribution is 5.73. The van der Waals surface area contributed by atoms with Crippen molar-refractivity contribution in [3.8, 4) is 0 Å². The Labute approximate surface area is 143 Å². The molecular formula is C17H30NO6+. The lowest BCUT2D eigenvalue weighted by Gasteiger charge is -2.34. The van der Waals surface area contributed by atoms with Gasteiger partial charge in [-0.2, -0.15) is 0 Å². The number of hydrogen-bond donors (Lipinski definition) is 3. The Bertz CT molecular complexity index is 392. The molecule has 0 rings (SSSR count). The molecule has 0 aliphatic rings. The first kappa shape index (κ1) is 22.1. The second-order valence-corrected chi connectivity index (χ2v) is 6.20. The number of allylic oxidation sites excluding steroid dienone is 2. The molecule has 0 atom stereocenters. The Morgan fingerprint density at radius 3 is 1.58 bits per heavy atom. The minimum atomic E-state index is -1.18. The van der Waals surface area contributed by atoms with E-state index < -0.39 is 42.0 Å². The average Bonchev–Trinajstić information content (AvgIpc) is 2.43. The molecule has 0 aromatic carbocycles. The summed E-state index contributed by atoms with van der Waals surface area (Å²) >= 11 is 0. The number of unbranched alkanes of at least 4 members (excludes halogenated alkanes) is 6. The van der Waals surface area contributed by atoms with Crippen molar-refractivity contribution in [1.82, 2.24) is 0 Å². The van der Waals surface area contributed by atoms with E-state index in [1.165, 1.54) is 0 Å². The monoisotopic (exact) mass is 344 g/mol. The minimum absolute atomic E-state index is 0.253. The lowest BCUT2D eigenvalue weighted by atomic mass is 10.1. The van der Waals surface area contributed by atoms with E-state index in [-0.39, 0.29) is 6.54 Å². The number of hydrogen-bond acceptors (Lipinski definition) is 3. The van der Waals surface area contributed by atoms with Gasteiger partial charge in [0.15, 0.2) is 19.6 Å². The highest BCUT2D eigenvalue weighted by Crippen LogP contribution is 2.13. The van der Waals surface area contributed by atoms with Crippen molar-refractivity contribution in [3.63, 3.8) is 0 Å². The molecule has 0 bridgehead atoms. The maximum absolute atomic E-state index is 11.0. The van der Waals surface area contributed by atoms with Gasteiger partial charge in [0.1, 0.15) is 0 Å². The van der Waals surface area contributed by atoms with Crippen molar-refractivity contribution in [2.24, 2.45) is 0 Å². The van der Waals surface area contributed by atoms with Gasteiger partial charge in [-0.15, -0.1) is 0 Å². The summed E-state index contributed by atoms with van der Waals surface area (Å²) in [7, 11) is 0. The van der Waals surface area contributed by atoms with E-state index in [0.29, 0.717) is 6.42 Å². The summed E-state index contributed by atoms with van der Waals surface area (Å²) in [5.74, 6) is -3.54. The van der Waals surface area contributed by atoms with Gasteiger partial charge in [0.25, 0.3) is 0 Å². The third kappa shape index (κ3) is 11.6. The van der Waals surface area contributed by atoms with Crippen LogP contribution in [0.25, 0.3) is 0 Å². The summed E-state index contributed by atoms with van der Waals surface area (Å²) in [4.78, 5) is 33.1. The fourth-order valence-corrected chi connectivity index (χ4v) is 2.85. The van der Waals surface area contributed by atoms with Crippen molar-refractivity contribution >= 4 is 17.9 Å². The standard InChI is InChI=1S/C17H29NO6/c1-2-3-4-5-6-7-8-9-10-11-18(12-15(19)20,13-16(21)22)14-17(23)24/h2-3H,4-14H2,1H3,(H2-,19,20,21,22,23,24)/p+1/b3-2+. The lowest BCUT2D eigenvalue weighted by molar-refractivity contribution is -0.907. The molecule has 0 aromatic heterocycles. The summed E-state index contributed by atoms with van der Waals surface area (Å²) in [6, 6.07) is 0. The fraction of sp³-hybridized carbons (Fsp3) is 0.706. The molecular weight excluding hydrogens is 314 g/mol. The first-order valence-corrected chi connectivity index (χ1v) is 8.43. The van der Waals surface area contributed by atoms with Crippen LogP contribution in [-0.4, -0.2) is 63.9 Å². The largest absolute Gasteiger partial charge is 0.477 e. The minimum Gasteiger partial charge on any atom is -0.477 e. The van der Waals surface area contributed by atoms with E-state index >= 15 is 0 Å². The normalized spacial score (nSPS) is 11.7. The highest BCUT2D eigenvalue weighted by Gasteiger charge is 2.35. The second-order valence-electron chi connectivity index (χ2n) is 6.20. The molecule has 7 nitrogen and oxygen atoms in total. The Morgan fingerprint density at radius 1 is 0.750 bits per heavy atom. The van der Waals surface area contributed by atoms with Crippen LogP contribution in [0.1, 0.15) is 51.9 Å². The van der Waals surface area contributed by atoms with Gasteiger partial charge in [-0.1, -0.05) is 31.4 Å². The molecule has 0 radical (unpaired) electrons. The van der Waals surface area contributed by atoms with Gasteiger partial charge >= 0.3 is 17.9 Å². The zero-order valence-corrected chi connectivity index (χ0v) is 14.4. The van der Waals surface area contributed by atoms with Crippen LogP contribution in [0.5, 0.6) is 0 Å². The summed E-state index contributed by atoms with van der Waals surface area (Å²) in [5, 5.41) is 27.0. The maximum Gasteiger partial charge on any atom is 0.359 e. The van der Waals surface area contributed by atoms with Crippen molar-refractivity contribution in [2.75, 3.05) is 26.2 Å². The van der Waals surface area contributed by atoms with Crippen LogP contribution in [-0.2, 0) is 14.4 Å². The number of carboxylic acids is 3. The van der Waals surface area contributed by atoms with Crippen LogP contribution in [0.2, 0.25) is 0 Å². The van der Waals surface area contributed by atoms with E-state index in [9.17, 15) is 14.4 Å². The topological polar surface area (TPSA) is 112 Å². The molecule has 0 fully saturated rings. The Morgan fingerprint density at radius 2 is 1.17 bits per heavy atom. The molecule has 0 aliphatic carbocycles. The molecule has 0 spiro atoms. The summed E-state index contributed by atoms with van der Waals surface area (Å²) in [6.45, 7) is 0.797. The molecule has 24 heavy (non-hydrogen) atoms. The molecule has 0 amide bonds. The molecule has 0 aliphatic heterocycles. The van der Waals surface area contributed by atoms with Crippen molar-refractivity contribution in [2.45, 2.75) is 51.9 Å². The fourth-order valence-electron chi connectivity index (χ4n) is 2.85. The number of carboxylic acid groups (broad SMARTS) is 3. The van der Waals surface area contributed by atoms with Crippen LogP contribution in [0.15, 0.2) is 12.2 Å². The van der Waals surface area contributed by atoms with E-state index in [0.717, 1.165) is 38.5 Å². The van der Waals surface area contributed by atoms with Gasteiger partial charge in [0, 0.05) is 0 Å². The number of carbonyl (C=O) groups is 3. The molecule has 0 heterocycles. The maximum atomic E-state index is 11.0. The van der Waals surface area contributed by atoms with Gasteiger partial charge in [0.2, 0.25) is 0 Å². The molecule has 0 saturated heterocycles. The third-order valence-electron chi connectivity index (χ3n) is 3.90. The SMILES string of the molecule is C/C=C/CCCCCCCC[N+](CC(=O)O)(CC(=O)O)CC(=O)O. The summed E-state index contributed by atoms with van der Waals surface area (Å²) < 4.78 is -0.443. The van der Waals surface area contributed by atoms with Crippen LogP contribution in [0, 0.1) is 0 Å². The summed E-state index contributed by atoms with van der Waals surface area (Å²) in [5.41, 5.74) is 0. The average molecular weight is 344 g/mol. The first-order valence-electron chi connectivity index (χ1n) is 8.43. The Balaban J connectivity index is 4.35. The van der Waals surface area contributed by atoms with Crippen LogP contribution >= 0.6 is 0 Å². The van der Waals surface area contributed by atoms with Gasteiger partial charge < -0.3 is 15.3 Å². The molecule has 0 unspecified atom stereocenters. The lowest BCUT2D eigenvalue weighted by Crippen LogP contribution is -2.57. The summed E-state index contributed by atoms with van der Waals surface area (Å²) in [6.07, 6.45) is 11.1. The van der Waals surface area contributed by atoms with Gasteiger partial charge in [-0.05, 0) is 32.6 Å².